The van der Waals surface area contributed by atoms with E-state index in [1.807, 2.05) is 12.1 Å². The molecule has 1 aromatic heterocycles. The van der Waals surface area contributed by atoms with E-state index < -0.39 is 0 Å². The lowest BCUT2D eigenvalue weighted by Gasteiger charge is -2.05. The highest BCUT2D eigenvalue weighted by atomic mass is 16.5. The monoisotopic (exact) mass is 192 g/mol. The smallest absolute Gasteiger partial charge is 0.123 e. The second kappa shape index (κ2) is 6.16. The van der Waals surface area contributed by atoms with Gasteiger partial charge in [0.1, 0.15) is 12.4 Å². The fourth-order valence-corrected chi connectivity index (χ4v) is 1.05. The number of aromatic nitrogens is 1. The third-order valence-electron chi connectivity index (χ3n) is 1.71. The van der Waals surface area contributed by atoms with Crippen LogP contribution in [0, 0.1) is 0 Å². The maximum Gasteiger partial charge on any atom is 0.123 e. The zero-order chi connectivity index (χ0) is 10.2. The van der Waals surface area contributed by atoms with Crippen LogP contribution in [-0.2, 0) is 6.54 Å². The molecule has 0 saturated heterocycles. The number of rotatable bonds is 6. The van der Waals surface area contributed by atoms with Gasteiger partial charge in [0, 0.05) is 18.8 Å². The van der Waals surface area contributed by atoms with Crippen LogP contribution in [0.15, 0.2) is 31.0 Å². The van der Waals surface area contributed by atoms with Crippen LogP contribution in [0.1, 0.15) is 12.6 Å². The first-order valence-electron chi connectivity index (χ1n) is 4.76. The summed E-state index contributed by atoms with van der Waals surface area (Å²) in [6.45, 7) is 7.92. The highest BCUT2D eigenvalue weighted by Gasteiger charge is 1.96. The Morgan fingerprint density at radius 3 is 3.21 bits per heavy atom. The number of ether oxygens (including phenoxy) is 1. The fraction of sp³-hybridized carbons (Fsp3) is 0.364. The van der Waals surface area contributed by atoms with Crippen LogP contribution in [0.2, 0.25) is 0 Å². The Kier molecular flexibility index (Phi) is 4.72. The molecule has 0 saturated carbocycles. The lowest BCUT2D eigenvalue weighted by Crippen LogP contribution is -2.12. The molecule has 0 radical (unpaired) electrons. The van der Waals surface area contributed by atoms with Gasteiger partial charge in [-0.2, -0.15) is 0 Å². The number of pyridine rings is 1. The molecule has 0 unspecified atom stereocenters. The molecule has 1 rings (SSSR count). The van der Waals surface area contributed by atoms with E-state index in [0.717, 1.165) is 24.5 Å². The van der Waals surface area contributed by atoms with E-state index in [9.17, 15) is 0 Å². The maximum atomic E-state index is 5.39. The summed E-state index contributed by atoms with van der Waals surface area (Å²) in [5.74, 6) is 0.841. The van der Waals surface area contributed by atoms with Crippen LogP contribution in [0.3, 0.4) is 0 Å². The first-order chi connectivity index (χ1) is 6.86. The van der Waals surface area contributed by atoms with Gasteiger partial charge in [0.2, 0.25) is 0 Å². The molecule has 76 valence electrons. The van der Waals surface area contributed by atoms with E-state index >= 15 is 0 Å². The molecule has 0 aliphatic rings. The van der Waals surface area contributed by atoms with Gasteiger partial charge in [-0.1, -0.05) is 19.6 Å². The molecular formula is C11H16N2O. The van der Waals surface area contributed by atoms with E-state index in [1.165, 1.54) is 0 Å². The summed E-state index contributed by atoms with van der Waals surface area (Å²) in [6.07, 6.45) is 3.48. The zero-order valence-corrected chi connectivity index (χ0v) is 8.49. The molecule has 0 fully saturated rings. The zero-order valence-electron chi connectivity index (χ0n) is 8.49. The molecule has 0 spiro atoms. The van der Waals surface area contributed by atoms with Crippen LogP contribution in [0.4, 0.5) is 0 Å². The molecule has 14 heavy (non-hydrogen) atoms. The second-order valence-electron chi connectivity index (χ2n) is 2.86. The van der Waals surface area contributed by atoms with Gasteiger partial charge in [-0.25, -0.2) is 0 Å². The van der Waals surface area contributed by atoms with Gasteiger partial charge in [-0.15, -0.1) is 0 Å². The topological polar surface area (TPSA) is 34.1 Å². The van der Waals surface area contributed by atoms with E-state index in [2.05, 4.69) is 23.8 Å². The van der Waals surface area contributed by atoms with Crippen molar-refractivity contribution in [1.82, 2.24) is 10.3 Å². The summed E-state index contributed by atoms with van der Waals surface area (Å²) in [5.41, 5.74) is 0.994. The summed E-state index contributed by atoms with van der Waals surface area (Å²) in [5, 5.41) is 3.21. The lowest BCUT2D eigenvalue weighted by molar-refractivity contribution is 0.362. The predicted molar refractivity (Wildman–Crippen MR) is 57.3 cm³/mol. The van der Waals surface area contributed by atoms with E-state index in [4.69, 9.17) is 4.74 Å². The Bertz CT molecular complexity index is 286. The summed E-state index contributed by atoms with van der Waals surface area (Å²) >= 11 is 0. The number of nitrogens with one attached hydrogen (secondary N) is 1. The molecule has 0 aromatic carbocycles. The van der Waals surface area contributed by atoms with Crippen LogP contribution >= 0.6 is 0 Å². The SMILES string of the molecule is C=CCOc1ccnc(CNCC)c1. The standard InChI is InChI=1S/C11H16N2O/c1-3-7-14-11-5-6-13-10(8-11)9-12-4-2/h3,5-6,8,12H,1,4,7,9H2,2H3. The van der Waals surface area contributed by atoms with Gasteiger partial charge in [0.15, 0.2) is 0 Å². The molecule has 3 nitrogen and oxygen atoms in total. The van der Waals surface area contributed by atoms with Crippen molar-refractivity contribution in [3.8, 4) is 5.75 Å². The van der Waals surface area contributed by atoms with Gasteiger partial charge >= 0.3 is 0 Å². The van der Waals surface area contributed by atoms with Crippen molar-refractivity contribution in [2.24, 2.45) is 0 Å². The average molecular weight is 192 g/mol. The second-order valence-corrected chi connectivity index (χ2v) is 2.86. The van der Waals surface area contributed by atoms with Crippen LogP contribution in [0.25, 0.3) is 0 Å². The first kappa shape index (κ1) is 10.7. The average Bonchev–Trinajstić information content (AvgIpc) is 2.24. The minimum Gasteiger partial charge on any atom is -0.489 e. The summed E-state index contributed by atoms with van der Waals surface area (Å²) in [7, 11) is 0. The summed E-state index contributed by atoms with van der Waals surface area (Å²) < 4.78 is 5.39. The molecule has 0 aliphatic carbocycles. The summed E-state index contributed by atoms with van der Waals surface area (Å²) in [6, 6.07) is 3.78. The van der Waals surface area contributed by atoms with Crippen molar-refractivity contribution in [2.75, 3.05) is 13.2 Å². The number of nitrogens with zero attached hydrogens (tertiary/aromatic N) is 1. The first-order valence-corrected chi connectivity index (χ1v) is 4.76. The highest BCUT2D eigenvalue weighted by Crippen LogP contribution is 2.10. The Morgan fingerprint density at radius 1 is 1.64 bits per heavy atom. The molecule has 0 atom stereocenters. The molecule has 1 N–H and O–H groups in total. The van der Waals surface area contributed by atoms with Gasteiger partial charge in [0.25, 0.3) is 0 Å². The van der Waals surface area contributed by atoms with Crippen molar-refractivity contribution < 1.29 is 4.74 Å². The Morgan fingerprint density at radius 2 is 2.50 bits per heavy atom. The van der Waals surface area contributed by atoms with Crippen molar-refractivity contribution in [2.45, 2.75) is 13.5 Å². The van der Waals surface area contributed by atoms with Gasteiger partial charge in [0.05, 0.1) is 5.69 Å². The molecule has 1 aromatic rings. The normalized spacial score (nSPS) is 9.79. The molecule has 0 aliphatic heterocycles. The predicted octanol–water partition coefficient (Wildman–Crippen LogP) is 1.76. The van der Waals surface area contributed by atoms with Crippen LogP contribution in [0.5, 0.6) is 5.75 Å². The Balaban J connectivity index is 2.54. The van der Waals surface area contributed by atoms with Gasteiger partial charge in [-0.3, -0.25) is 4.98 Å². The van der Waals surface area contributed by atoms with E-state index in [1.54, 1.807) is 12.3 Å². The van der Waals surface area contributed by atoms with Crippen molar-refractivity contribution in [3.05, 3.63) is 36.7 Å². The molecule has 1 heterocycles. The molecule has 0 bridgehead atoms. The van der Waals surface area contributed by atoms with E-state index in [0.29, 0.717) is 6.61 Å². The van der Waals surface area contributed by atoms with Crippen molar-refractivity contribution in [1.29, 1.82) is 0 Å². The number of hydrogen-bond donors (Lipinski definition) is 1. The van der Waals surface area contributed by atoms with Crippen molar-refractivity contribution in [3.63, 3.8) is 0 Å². The fourth-order valence-electron chi connectivity index (χ4n) is 1.05. The number of hydrogen-bond acceptors (Lipinski definition) is 3. The van der Waals surface area contributed by atoms with E-state index in [-0.39, 0.29) is 0 Å². The minimum absolute atomic E-state index is 0.532. The molecule has 3 heteroatoms. The lowest BCUT2D eigenvalue weighted by atomic mass is 10.3. The van der Waals surface area contributed by atoms with Gasteiger partial charge in [-0.05, 0) is 12.6 Å². The van der Waals surface area contributed by atoms with Gasteiger partial charge < -0.3 is 10.1 Å². The third-order valence-corrected chi connectivity index (χ3v) is 1.71. The highest BCUT2D eigenvalue weighted by molar-refractivity contribution is 5.22. The maximum absolute atomic E-state index is 5.39. The largest absolute Gasteiger partial charge is 0.489 e. The quantitative estimate of drug-likeness (QED) is 0.697. The molecule has 0 amide bonds. The third kappa shape index (κ3) is 3.58. The minimum atomic E-state index is 0.532. The Labute approximate surface area is 84.8 Å². The van der Waals surface area contributed by atoms with Crippen LogP contribution < -0.4 is 10.1 Å². The van der Waals surface area contributed by atoms with Crippen LogP contribution in [-0.4, -0.2) is 18.1 Å². The summed E-state index contributed by atoms with van der Waals surface area (Å²) in [4.78, 5) is 4.22. The van der Waals surface area contributed by atoms with Crippen molar-refractivity contribution >= 4 is 0 Å². The Hall–Kier alpha value is -1.35. The molecular weight excluding hydrogens is 176 g/mol.